The molecule has 0 aliphatic carbocycles. The summed E-state index contributed by atoms with van der Waals surface area (Å²) in [6.45, 7) is 1.01. The molecule has 0 radical (unpaired) electrons. The molecule has 2 aromatic rings. The van der Waals surface area contributed by atoms with Crippen LogP contribution in [0.1, 0.15) is 6.42 Å². The summed E-state index contributed by atoms with van der Waals surface area (Å²) >= 11 is 3.19. The molecule has 0 saturated carbocycles. The lowest BCUT2D eigenvalue weighted by Crippen LogP contribution is -1.97. The first kappa shape index (κ1) is 12.3. The standard InChI is InChI=1S/C12H10BrFN2O3/c13-10-11(14)6(7-5-9(15)19-16-7)4-8-12(10)18-3-1-2-17-8/h4-5H,1-3,15H2. The van der Waals surface area contributed by atoms with Crippen LogP contribution in [0.5, 0.6) is 11.5 Å². The van der Waals surface area contributed by atoms with E-state index in [-0.39, 0.29) is 15.9 Å². The minimum atomic E-state index is -0.488. The van der Waals surface area contributed by atoms with Crippen LogP contribution in [0.4, 0.5) is 10.3 Å². The van der Waals surface area contributed by atoms with Gasteiger partial charge in [-0.25, -0.2) is 4.39 Å². The van der Waals surface area contributed by atoms with Crippen molar-refractivity contribution in [2.45, 2.75) is 6.42 Å². The first-order valence-electron chi connectivity index (χ1n) is 5.67. The molecule has 19 heavy (non-hydrogen) atoms. The number of nitrogens with zero attached hydrogens (tertiary/aromatic N) is 1. The Bertz CT molecular complexity index is 630. The summed E-state index contributed by atoms with van der Waals surface area (Å²) in [4.78, 5) is 0. The van der Waals surface area contributed by atoms with E-state index in [0.29, 0.717) is 30.4 Å². The Labute approximate surface area is 116 Å². The molecule has 2 N–H and O–H groups in total. The van der Waals surface area contributed by atoms with Crippen molar-refractivity contribution >= 4 is 21.8 Å². The summed E-state index contributed by atoms with van der Waals surface area (Å²) in [5.41, 5.74) is 6.01. The van der Waals surface area contributed by atoms with Crippen LogP contribution in [0.2, 0.25) is 0 Å². The van der Waals surface area contributed by atoms with E-state index in [1.165, 1.54) is 12.1 Å². The van der Waals surface area contributed by atoms with Gasteiger partial charge in [0.2, 0.25) is 5.88 Å². The highest BCUT2D eigenvalue weighted by molar-refractivity contribution is 9.10. The van der Waals surface area contributed by atoms with Gasteiger partial charge in [0.1, 0.15) is 5.69 Å². The van der Waals surface area contributed by atoms with Gasteiger partial charge in [-0.1, -0.05) is 5.16 Å². The van der Waals surface area contributed by atoms with Crippen molar-refractivity contribution in [2.75, 3.05) is 18.9 Å². The zero-order valence-corrected chi connectivity index (χ0v) is 11.4. The number of hydrogen-bond donors (Lipinski definition) is 1. The highest BCUT2D eigenvalue weighted by Gasteiger charge is 2.23. The summed E-state index contributed by atoms with van der Waals surface area (Å²) in [5, 5.41) is 3.70. The topological polar surface area (TPSA) is 70.5 Å². The Hall–Kier alpha value is -1.76. The van der Waals surface area contributed by atoms with Crippen LogP contribution in [0.25, 0.3) is 11.3 Å². The number of rotatable bonds is 1. The molecule has 1 aromatic heterocycles. The van der Waals surface area contributed by atoms with Crippen molar-refractivity contribution in [3.63, 3.8) is 0 Å². The van der Waals surface area contributed by atoms with Gasteiger partial charge in [-0.3, -0.25) is 0 Å². The lowest BCUT2D eigenvalue weighted by atomic mass is 10.1. The van der Waals surface area contributed by atoms with Crippen molar-refractivity contribution in [2.24, 2.45) is 0 Å². The highest BCUT2D eigenvalue weighted by atomic mass is 79.9. The molecule has 0 fully saturated rings. The molecule has 3 rings (SSSR count). The summed E-state index contributed by atoms with van der Waals surface area (Å²) in [6.07, 6.45) is 0.745. The molecule has 0 unspecified atom stereocenters. The monoisotopic (exact) mass is 328 g/mol. The molecule has 1 aromatic carbocycles. The lowest BCUT2D eigenvalue weighted by molar-refractivity contribution is 0.296. The highest BCUT2D eigenvalue weighted by Crippen LogP contribution is 2.43. The number of fused-ring (bicyclic) bond motifs is 1. The van der Waals surface area contributed by atoms with Gasteiger partial charge in [-0.15, -0.1) is 0 Å². The molecule has 0 amide bonds. The van der Waals surface area contributed by atoms with E-state index in [9.17, 15) is 4.39 Å². The van der Waals surface area contributed by atoms with Crippen LogP contribution in [0, 0.1) is 5.82 Å². The minimum absolute atomic E-state index is 0.123. The maximum absolute atomic E-state index is 14.3. The number of ether oxygens (including phenoxy) is 2. The Morgan fingerprint density at radius 1 is 1.26 bits per heavy atom. The molecular formula is C12H10BrFN2O3. The molecule has 0 saturated heterocycles. The summed E-state index contributed by atoms with van der Waals surface area (Å²) in [6, 6.07) is 2.99. The van der Waals surface area contributed by atoms with Crippen LogP contribution in [0.15, 0.2) is 21.1 Å². The Morgan fingerprint density at radius 3 is 2.79 bits per heavy atom. The zero-order valence-electron chi connectivity index (χ0n) is 9.78. The second-order valence-electron chi connectivity index (χ2n) is 4.04. The second kappa shape index (κ2) is 4.73. The normalized spacial score (nSPS) is 14.2. The van der Waals surface area contributed by atoms with E-state index >= 15 is 0 Å². The first-order valence-corrected chi connectivity index (χ1v) is 6.46. The summed E-state index contributed by atoms with van der Waals surface area (Å²) < 4.78 is 30.3. The Morgan fingerprint density at radius 2 is 2.05 bits per heavy atom. The summed E-state index contributed by atoms with van der Waals surface area (Å²) in [7, 11) is 0. The fourth-order valence-electron chi connectivity index (χ4n) is 1.85. The average molecular weight is 329 g/mol. The SMILES string of the molecule is Nc1cc(-c2cc3c(c(Br)c2F)OCCCO3)no1. The number of aromatic nitrogens is 1. The maximum Gasteiger partial charge on any atom is 0.222 e. The third-order valence-electron chi connectivity index (χ3n) is 2.72. The van der Waals surface area contributed by atoms with Crippen LogP contribution >= 0.6 is 15.9 Å². The number of halogens is 2. The van der Waals surface area contributed by atoms with Gasteiger partial charge in [-0.05, 0) is 22.0 Å². The van der Waals surface area contributed by atoms with E-state index < -0.39 is 5.82 Å². The van der Waals surface area contributed by atoms with Crippen molar-refractivity contribution in [3.05, 3.63) is 22.4 Å². The lowest BCUT2D eigenvalue weighted by Gasteiger charge is -2.12. The smallest absolute Gasteiger partial charge is 0.222 e. The van der Waals surface area contributed by atoms with E-state index in [2.05, 4.69) is 21.1 Å². The predicted octanol–water partition coefficient (Wildman–Crippen LogP) is 2.99. The molecule has 1 aliphatic heterocycles. The van der Waals surface area contributed by atoms with E-state index in [0.717, 1.165) is 6.42 Å². The Kier molecular flexibility index (Phi) is 3.06. The van der Waals surface area contributed by atoms with Gasteiger partial charge < -0.3 is 19.7 Å². The molecule has 0 atom stereocenters. The molecule has 0 bridgehead atoms. The Balaban J connectivity index is 2.16. The first-order chi connectivity index (χ1) is 9.16. The maximum atomic E-state index is 14.3. The van der Waals surface area contributed by atoms with E-state index in [1.54, 1.807) is 0 Å². The van der Waals surface area contributed by atoms with Gasteiger partial charge in [0.05, 0.1) is 17.7 Å². The number of anilines is 1. The van der Waals surface area contributed by atoms with Crippen molar-refractivity contribution in [3.8, 4) is 22.8 Å². The third kappa shape index (κ3) is 2.14. The number of hydrogen-bond acceptors (Lipinski definition) is 5. The van der Waals surface area contributed by atoms with Gasteiger partial charge in [0.25, 0.3) is 0 Å². The molecule has 5 nitrogen and oxygen atoms in total. The quantitative estimate of drug-likeness (QED) is 0.871. The minimum Gasteiger partial charge on any atom is -0.489 e. The van der Waals surface area contributed by atoms with Crippen LogP contribution in [0.3, 0.4) is 0 Å². The zero-order chi connectivity index (χ0) is 13.4. The van der Waals surface area contributed by atoms with Crippen molar-refractivity contribution in [1.29, 1.82) is 0 Å². The third-order valence-corrected chi connectivity index (χ3v) is 3.43. The predicted molar refractivity (Wildman–Crippen MR) is 69.6 cm³/mol. The van der Waals surface area contributed by atoms with E-state index in [1.807, 2.05) is 0 Å². The molecule has 0 spiro atoms. The summed E-state index contributed by atoms with van der Waals surface area (Å²) in [5.74, 6) is 0.479. The molecule has 2 heterocycles. The van der Waals surface area contributed by atoms with Crippen molar-refractivity contribution < 1.29 is 18.4 Å². The van der Waals surface area contributed by atoms with Gasteiger partial charge >= 0.3 is 0 Å². The van der Waals surface area contributed by atoms with Crippen LogP contribution in [-0.2, 0) is 0 Å². The fourth-order valence-corrected chi connectivity index (χ4v) is 2.37. The van der Waals surface area contributed by atoms with Crippen molar-refractivity contribution in [1.82, 2.24) is 5.16 Å². The fraction of sp³-hybridized carbons (Fsp3) is 0.250. The molecule has 100 valence electrons. The number of benzene rings is 1. The average Bonchev–Trinajstić information content (AvgIpc) is 2.69. The second-order valence-corrected chi connectivity index (χ2v) is 4.84. The molecule has 7 heteroatoms. The van der Waals surface area contributed by atoms with Crippen LogP contribution in [-0.4, -0.2) is 18.4 Å². The molecular weight excluding hydrogens is 319 g/mol. The van der Waals surface area contributed by atoms with Gasteiger partial charge in [0.15, 0.2) is 17.3 Å². The van der Waals surface area contributed by atoms with Gasteiger partial charge in [-0.2, -0.15) is 0 Å². The number of nitrogens with two attached hydrogens (primary N) is 1. The number of nitrogen functional groups attached to an aromatic ring is 1. The molecule has 1 aliphatic rings. The van der Waals surface area contributed by atoms with Gasteiger partial charge in [0, 0.05) is 18.1 Å². The largest absolute Gasteiger partial charge is 0.489 e. The van der Waals surface area contributed by atoms with E-state index in [4.69, 9.17) is 19.7 Å². The van der Waals surface area contributed by atoms with Crippen LogP contribution < -0.4 is 15.2 Å².